The minimum Gasteiger partial charge on any atom is -0.489 e. The van der Waals surface area contributed by atoms with Gasteiger partial charge in [-0.15, -0.1) is 0 Å². The second kappa shape index (κ2) is 8.47. The summed E-state index contributed by atoms with van der Waals surface area (Å²) in [5.74, 6) is 0.572. The predicted octanol–water partition coefficient (Wildman–Crippen LogP) is 4.33. The molecular formula is C21H24ClN5O3. The third kappa shape index (κ3) is 4.05. The SMILES string of the molecule is CCN(C)c1nc(-n2cc(C(=O)O)cn2)nc2cc(Cl)c(OC3CCCCC3)cc12. The Balaban J connectivity index is 1.79. The molecule has 2 heterocycles. The number of carbonyl (C=O) groups is 1. The van der Waals surface area contributed by atoms with Crippen LogP contribution in [0.4, 0.5) is 5.82 Å². The lowest BCUT2D eigenvalue weighted by molar-refractivity contribution is 0.0697. The molecule has 8 nitrogen and oxygen atoms in total. The molecule has 1 N–H and O–H groups in total. The van der Waals surface area contributed by atoms with Crippen LogP contribution in [0.5, 0.6) is 5.75 Å². The maximum atomic E-state index is 11.2. The van der Waals surface area contributed by atoms with Gasteiger partial charge >= 0.3 is 5.97 Å². The Morgan fingerprint density at radius 1 is 1.30 bits per heavy atom. The molecule has 3 aromatic rings. The Morgan fingerprint density at radius 2 is 2.07 bits per heavy atom. The molecule has 2 aromatic heterocycles. The molecule has 0 radical (unpaired) electrons. The first kappa shape index (κ1) is 20.4. The van der Waals surface area contributed by atoms with Crippen molar-refractivity contribution in [3.05, 3.63) is 35.1 Å². The third-order valence-corrected chi connectivity index (χ3v) is 5.73. The fourth-order valence-electron chi connectivity index (χ4n) is 3.64. The predicted molar refractivity (Wildman–Crippen MR) is 115 cm³/mol. The Labute approximate surface area is 179 Å². The van der Waals surface area contributed by atoms with E-state index >= 15 is 0 Å². The molecule has 0 amide bonds. The van der Waals surface area contributed by atoms with Gasteiger partial charge in [-0.1, -0.05) is 18.0 Å². The van der Waals surface area contributed by atoms with Crippen molar-refractivity contribution in [1.29, 1.82) is 0 Å². The molecule has 0 aliphatic heterocycles. The number of nitrogens with zero attached hydrogens (tertiary/aromatic N) is 5. The topological polar surface area (TPSA) is 93.4 Å². The highest BCUT2D eigenvalue weighted by Crippen LogP contribution is 2.35. The van der Waals surface area contributed by atoms with E-state index < -0.39 is 5.97 Å². The summed E-state index contributed by atoms with van der Waals surface area (Å²) in [7, 11) is 1.94. The van der Waals surface area contributed by atoms with E-state index in [1.165, 1.54) is 36.3 Å². The van der Waals surface area contributed by atoms with Crippen molar-refractivity contribution in [2.45, 2.75) is 45.1 Å². The van der Waals surface area contributed by atoms with Crippen molar-refractivity contribution < 1.29 is 14.6 Å². The monoisotopic (exact) mass is 429 g/mol. The lowest BCUT2D eigenvalue weighted by Gasteiger charge is -2.24. The van der Waals surface area contributed by atoms with Crippen LogP contribution < -0.4 is 9.64 Å². The molecule has 0 spiro atoms. The van der Waals surface area contributed by atoms with Gasteiger partial charge in [-0.25, -0.2) is 14.5 Å². The molecule has 0 bridgehead atoms. The average molecular weight is 430 g/mol. The van der Waals surface area contributed by atoms with Gasteiger partial charge in [0.2, 0.25) is 0 Å². The van der Waals surface area contributed by atoms with Gasteiger partial charge in [0, 0.05) is 25.2 Å². The number of benzene rings is 1. The Kier molecular flexibility index (Phi) is 5.76. The number of aromatic carboxylic acids is 1. The molecule has 158 valence electrons. The number of hydrogen-bond acceptors (Lipinski definition) is 6. The van der Waals surface area contributed by atoms with E-state index in [2.05, 4.69) is 15.1 Å². The summed E-state index contributed by atoms with van der Waals surface area (Å²) in [6, 6.07) is 3.68. The van der Waals surface area contributed by atoms with E-state index in [0.717, 1.165) is 24.8 Å². The lowest BCUT2D eigenvalue weighted by Crippen LogP contribution is -2.20. The van der Waals surface area contributed by atoms with Crippen molar-refractivity contribution in [3.63, 3.8) is 0 Å². The molecular weight excluding hydrogens is 406 g/mol. The largest absolute Gasteiger partial charge is 0.489 e. The maximum absolute atomic E-state index is 11.2. The number of hydrogen-bond donors (Lipinski definition) is 1. The number of rotatable bonds is 6. The van der Waals surface area contributed by atoms with E-state index in [-0.39, 0.29) is 17.6 Å². The van der Waals surface area contributed by atoms with Crippen LogP contribution in [0.1, 0.15) is 49.4 Å². The van der Waals surface area contributed by atoms with Gasteiger partial charge in [-0.3, -0.25) is 0 Å². The van der Waals surface area contributed by atoms with Gasteiger partial charge in [0.1, 0.15) is 11.6 Å². The van der Waals surface area contributed by atoms with Gasteiger partial charge in [-0.05, 0) is 44.7 Å². The number of carboxylic acids is 1. The van der Waals surface area contributed by atoms with Crippen LogP contribution >= 0.6 is 11.6 Å². The highest BCUT2D eigenvalue weighted by Gasteiger charge is 2.20. The van der Waals surface area contributed by atoms with Gasteiger partial charge in [0.15, 0.2) is 0 Å². The van der Waals surface area contributed by atoms with E-state index in [0.29, 0.717) is 22.1 Å². The van der Waals surface area contributed by atoms with Crippen molar-refractivity contribution in [2.75, 3.05) is 18.5 Å². The number of carboxylic acid groups (broad SMARTS) is 1. The Morgan fingerprint density at radius 3 is 2.73 bits per heavy atom. The van der Waals surface area contributed by atoms with Crippen molar-refractivity contribution in [3.8, 4) is 11.7 Å². The molecule has 4 rings (SSSR count). The van der Waals surface area contributed by atoms with Crippen LogP contribution in [-0.4, -0.2) is 50.5 Å². The Hall–Kier alpha value is -2.87. The minimum absolute atomic E-state index is 0.0679. The molecule has 1 aliphatic carbocycles. The molecule has 30 heavy (non-hydrogen) atoms. The molecule has 0 atom stereocenters. The van der Waals surface area contributed by atoms with Crippen LogP contribution in [0.15, 0.2) is 24.5 Å². The van der Waals surface area contributed by atoms with Gasteiger partial charge in [0.05, 0.1) is 28.4 Å². The van der Waals surface area contributed by atoms with Gasteiger partial charge in [0.25, 0.3) is 5.95 Å². The second-order valence-electron chi connectivity index (χ2n) is 7.52. The number of ether oxygens (including phenoxy) is 1. The maximum Gasteiger partial charge on any atom is 0.338 e. The van der Waals surface area contributed by atoms with E-state index in [1.54, 1.807) is 6.07 Å². The standard InChI is InChI=1S/C21H24ClN5O3/c1-3-26(2)19-15-9-18(30-14-7-5-4-6-8-14)16(22)10-17(15)24-21(25-19)27-12-13(11-23-27)20(28)29/h9-12,14H,3-8H2,1-2H3,(H,28,29). The summed E-state index contributed by atoms with van der Waals surface area (Å²) in [6.45, 7) is 2.76. The summed E-state index contributed by atoms with van der Waals surface area (Å²) in [4.78, 5) is 22.4. The minimum atomic E-state index is -1.06. The zero-order valence-corrected chi connectivity index (χ0v) is 17.8. The molecule has 0 saturated heterocycles. The summed E-state index contributed by atoms with van der Waals surface area (Å²) in [6.07, 6.45) is 8.52. The molecule has 0 unspecified atom stereocenters. The molecule has 1 fully saturated rings. The van der Waals surface area contributed by atoms with Crippen molar-refractivity contribution in [2.24, 2.45) is 0 Å². The average Bonchev–Trinajstić information content (AvgIpc) is 3.24. The summed E-state index contributed by atoms with van der Waals surface area (Å²) < 4.78 is 7.58. The van der Waals surface area contributed by atoms with Crippen LogP contribution in [0.25, 0.3) is 16.9 Å². The lowest BCUT2D eigenvalue weighted by atomic mass is 9.98. The van der Waals surface area contributed by atoms with E-state index in [4.69, 9.17) is 21.4 Å². The fraction of sp³-hybridized carbons (Fsp3) is 0.429. The fourth-order valence-corrected chi connectivity index (χ4v) is 3.84. The van der Waals surface area contributed by atoms with Crippen LogP contribution in [0, 0.1) is 0 Å². The quantitative estimate of drug-likeness (QED) is 0.623. The summed E-state index contributed by atoms with van der Waals surface area (Å²) >= 11 is 6.53. The van der Waals surface area contributed by atoms with Crippen LogP contribution in [0.2, 0.25) is 5.02 Å². The second-order valence-corrected chi connectivity index (χ2v) is 7.92. The first-order valence-corrected chi connectivity index (χ1v) is 10.5. The normalized spacial score (nSPS) is 14.8. The number of aromatic nitrogens is 4. The molecule has 9 heteroatoms. The molecule has 1 saturated carbocycles. The van der Waals surface area contributed by atoms with Crippen molar-refractivity contribution in [1.82, 2.24) is 19.7 Å². The molecule has 1 aromatic carbocycles. The van der Waals surface area contributed by atoms with Crippen molar-refractivity contribution >= 4 is 34.3 Å². The van der Waals surface area contributed by atoms with Gasteiger partial charge < -0.3 is 14.7 Å². The molecule has 1 aliphatic rings. The summed E-state index contributed by atoms with van der Waals surface area (Å²) in [5, 5.41) is 14.6. The van der Waals surface area contributed by atoms with E-state index in [9.17, 15) is 4.79 Å². The number of halogens is 1. The van der Waals surface area contributed by atoms with Crippen LogP contribution in [-0.2, 0) is 0 Å². The van der Waals surface area contributed by atoms with Crippen LogP contribution in [0.3, 0.4) is 0 Å². The zero-order chi connectivity index (χ0) is 21.3. The first-order chi connectivity index (χ1) is 14.5. The Bertz CT molecular complexity index is 1080. The third-order valence-electron chi connectivity index (χ3n) is 5.43. The highest BCUT2D eigenvalue weighted by atomic mass is 35.5. The smallest absolute Gasteiger partial charge is 0.338 e. The van der Waals surface area contributed by atoms with E-state index in [1.807, 2.05) is 24.9 Å². The number of fused-ring (bicyclic) bond motifs is 1. The summed E-state index contributed by atoms with van der Waals surface area (Å²) in [5.41, 5.74) is 0.710. The zero-order valence-electron chi connectivity index (χ0n) is 17.0. The highest BCUT2D eigenvalue weighted by molar-refractivity contribution is 6.33. The van der Waals surface area contributed by atoms with Gasteiger partial charge in [-0.2, -0.15) is 10.1 Å². The first-order valence-electron chi connectivity index (χ1n) is 10.1. The number of anilines is 1.